The van der Waals surface area contributed by atoms with E-state index in [1.54, 1.807) is 0 Å². The number of nitrogens with zero attached hydrogens (tertiary/aromatic N) is 1. The summed E-state index contributed by atoms with van der Waals surface area (Å²) in [5.74, 6) is -0.216. The summed E-state index contributed by atoms with van der Waals surface area (Å²) in [5, 5.41) is 10.2. The smallest absolute Gasteiger partial charge is 0.264 e. The molecule has 6 nitrogen and oxygen atoms in total. The molecule has 0 saturated carbocycles. The first-order valence-electron chi connectivity index (χ1n) is 5.35. The van der Waals surface area contributed by atoms with Gasteiger partial charge in [-0.3, -0.25) is 9.55 Å². The molecule has 0 amide bonds. The van der Waals surface area contributed by atoms with Crippen LogP contribution in [-0.4, -0.2) is 43.7 Å². The van der Waals surface area contributed by atoms with Gasteiger partial charge in [-0.25, -0.2) is 0 Å². The lowest BCUT2D eigenvalue weighted by Gasteiger charge is -2.06. The minimum atomic E-state index is -3.96. The molecule has 0 aliphatic heterocycles. The van der Waals surface area contributed by atoms with Crippen molar-refractivity contribution in [2.45, 2.75) is 6.42 Å². The van der Waals surface area contributed by atoms with Gasteiger partial charge < -0.3 is 9.84 Å². The molecule has 0 atom stereocenters. The van der Waals surface area contributed by atoms with E-state index in [2.05, 4.69) is 4.99 Å². The van der Waals surface area contributed by atoms with Crippen LogP contribution in [0.25, 0.3) is 0 Å². The van der Waals surface area contributed by atoms with Gasteiger partial charge in [0.05, 0.1) is 12.9 Å². The van der Waals surface area contributed by atoms with Crippen LogP contribution in [0.5, 0.6) is 11.5 Å². The third kappa shape index (κ3) is 5.46. The number of phenols is 1. The zero-order valence-electron chi connectivity index (χ0n) is 10.2. The Balaban J connectivity index is 2.69. The second-order valence-corrected chi connectivity index (χ2v) is 5.73. The van der Waals surface area contributed by atoms with Crippen molar-refractivity contribution in [3.05, 3.63) is 22.7 Å². The molecule has 1 aromatic carbocycles. The van der Waals surface area contributed by atoms with Gasteiger partial charge in [0.25, 0.3) is 10.1 Å². The zero-order valence-corrected chi connectivity index (χ0v) is 11.8. The van der Waals surface area contributed by atoms with Crippen LogP contribution in [0.3, 0.4) is 0 Å². The quantitative estimate of drug-likeness (QED) is 0.474. The maximum absolute atomic E-state index is 10.5. The van der Waals surface area contributed by atoms with Gasteiger partial charge in [-0.1, -0.05) is 11.6 Å². The van der Waals surface area contributed by atoms with E-state index in [0.717, 1.165) is 0 Å². The molecule has 0 bridgehead atoms. The van der Waals surface area contributed by atoms with Crippen molar-refractivity contribution in [2.24, 2.45) is 4.99 Å². The highest BCUT2D eigenvalue weighted by molar-refractivity contribution is 7.85. The van der Waals surface area contributed by atoms with E-state index < -0.39 is 10.1 Å². The Hall–Kier alpha value is -1.31. The lowest BCUT2D eigenvalue weighted by atomic mass is 10.2. The highest BCUT2D eigenvalue weighted by Crippen LogP contribution is 2.32. The van der Waals surface area contributed by atoms with Gasteiger partial charge in [0.2, 0.25) is 0 Å². The second-order valence-electron chi connectivity index (χ2n) is 3.72. The van der Waals surface area contributed by atoms with Crippen LogP contribution < -0.4 is 4.74 Å². The van der Waals surface area contributed by atoms with Crippen molar-refractivity contribution >= 4 is 27.9 Å². The fraction of sp³-hybridized carbons (Fsp3) is 0.364. The molecule has 0 fully saturated rings. The lowest BCUT2D eigenvalue weighted by Crippen LogP contribution is -2.04. The predicted octanol–water partition coefficient (Wildman–Crippen LogP) is 1.75. The summed E-state index contributed by atoms with van der Waals surface area (Å²) in [6, 6.07) is 2.97. The molecule has 2 N–H and O–H groups in total. The van der Waals surface area contributed by atoms with Gasteiger partial charge in [-0.2, -0.15) is 8.42 Å². The Morgan fingerprint density at radius 1 is 1.47 bits per heavy atom. The Kier molecular flexibility index (Phi) is 5.59. The number of aromatic hydroxyl groups is 1. The number of benzene rings is 1. The first kappa shape index (κ1) is 15.7. The molecular weight excluding hydrogens is 294 g/mol. The molecule has 8 heteroatoms. The maximum atomic E-state index is 10.5. The Bertz CT molecular complexity index is 571. The molecule has 1 aromatic rings. The Morgan fingerprint density at radius 3 is 2.74 bits per heavy atom. The number of aliphatic imine (C=N–C) groups is 1. The standard InChI is InChI=1S/C11H14ClNO5S/c1-18-10-6-9(12)5-8(11(10)14)7-13-3-2-4-19(15,16)17/h5-7,14H,2-4H2,1H3,(H,15,16,17)/b13-7+. The van der Waals surface area contributed by atoms with Crippen LogP contribution in [-0.2, 0) is 10.1 Å². The summed E-state index contributed by atoms with van der Waals surface area (Å²) in [4.78, 5) is 3.95. The summed E-state index contributed by atoms with van der Waals surface area (Å²) < 4.78 is 34.4. The van der Waals surface area contributed by atoms with Gasteiger partial charge in [0.15, 0.2) is 11.5 Å². The number of hydrogen-bond donors (Lipinski definition) is 2. The molecule has 1 rings (SSSR count). The highest BCUT2D eigenvalue weighted by Gasteiger charge is 2.08. The first-order chi connectivity index (χ1) is 8.83. The fourth-order valence-corrected chi connectivity index (χ4v) is 2.06. The van der Waals surface area contributed by atoms with E-state index in [1.807, 2.05) is 0 Å². The van der Waals surface area contributed by atoms with E-state index in [9.17, 15) is 13.5 Å². The third-order valence-electron chi connectivity index (χ3n) is 2.21. The van der Waals surface area contributed by atoms with Crippen LogP contribution in [0.2, 0.25) is 5.02 Å². The summed E-state index contributed by atoms with van der Waals surface area (Å²) in [6.07, 6.45) is 1.56. The largest absolute Gasteiger partial charge is 0.504 e. The lowest BCUT2D eigenvalue weighted by molar-refractivity contribution is 0.373. The van der Waals surface area contributed by atoms with Crippen molar-refractivity contribution in [3.8, 4) is 11.5 Å². The van der Waals surface area contributed by atoms with Crippen molar-refractivity contribution in [2.75, 3.05) is 19.4 Å². The van der Waals surface area contributed by atoms with Crippen LogP contribution in [0.1, 0.15) is 12.0 Å². The van der Waals surface area contributed by atoms with Gasteiger partial charge in [0, 0.05) is 29.4 Å². The highest BCUT2D eigenvalue weighted by atomic mass is 35.5. The number of halogens is 1. The SMILES string of the molecule is COc1cc(Cl)cc(/C=N/CCCS(=O)(=O)O)c1O. The summed E-state index contributed by atoms with van der Waals surface area (Å²) in [5.41, 5.74) is 0.371. The summed E-state index contributed by atoms with van der Waals surface area (Å²) in [7, 11) is -2.56. The van der Waals surface area contributed by atoms with E-state index in [0.29, 0.717) is 10.6 Å². The first-order valence-corrected chi connectivity index (χ1v) is 7.33. The summed E-state index contributed by atoms with van der Waals surface area (Å²) in [6.45, 7) is 0.202. The van der Waals surface area contributed by atoms with Gasteiger partial charge in [-0.05, 0) is 12.5 Å². The molecule has 0 saturated heterocycles. The molecule has 0 aliphatic rings. The number of methoxy groups -OCH3 is 1. The molecule has 19 heavy (non-hydrogen) atoms. The summed E-state index contributed by atoms with van der Waals surface area (Å²) >= 11 is 5.84. The van der Waals surface area contributed by atoms with Crippen molar-refractivity contribution in [3.63, 3.8) is 0 Å². The number of ether oxygens (including phenoxy) is 1. The van der Waals surface area contributed by atoms with Crippen molar-refractivity contribution in [1.29, 1.82) is 0 Å². The number of phenolic OH excluding ortho intramolecular Hbond substituents is 1. The van der Waals surface area contributed by atoms with Gasteiger partial charge in [0.1, 0.15) is 0 Å². The average Bonchev–Trinajstić information content (AvgIpc) is 2.31. The van der Waals surface area contributed by atoms with E-state index >= 15 is 0 Å². The number of rotatable bonds is 6. The Labute approximate surface area is 116 Å². The van der Waals surface area contributed by atoms with Gasteiger partial charge >= 0.3 is 0 Å². The van der Waals surface area contributed by atoms with Crippen molar-refractivity contribution in [1.82, 2.24) is 0 Å². The minimum Gasteiger partial charge on any atom is -0.504 e. The second kappa shape index (κ2) is 6.74. The third-order valence-corrected chi connectivity index (χ3v) is 3.23. The average molecular weight is 308 g/mol. The molecular formula is C11H14ClNO5S. The van der Waals surface area contributed by atoms with Crippen LogP contribution in [0.4, 0.5) is 0 Å². The number of hydrogen-bond acceptors (Lipinski definition) is 5. The van der Waals surface area contributed by atoms with Crippen LogP contribution in [0, 0.1) is 0 Å². The maximum Gasteiger partial charge on any atom is 0.264 e. The fourth-order valence-electron chi connectivity index (χ4n) is 1.35. The molecule has 0 spiro atoms. The molecule has 0 aromatic heterocycles. The topological polar surface area (TPSA) is 96.2 Å². The van der Waals surface area contributed by atoms with Crippen LogP contribution in [0.15, 0.2) is 17.1 Å². The van der Waals surface area contributed by atoms with Crippen molar-refractivity contribution < 1.29 is 22.8 Å². The van der Waals surface area contributed by atoms with E-state index in [1.165, 1.54) is 25.5 Å². The monoisotopic (exact) mass is 307 g/mol. The van der Waals surface area contributed by atoms with Gasteiger partial charge in [-0.15, -0.1) is 0 Å². The predicted molar refractivity (Wildman–Crippen MR) is 73.2 cm³/mol. The molecule has 0 heterocycles. The normalized spacial score (nSPS) is 11.9. The van der Waals surface area contributed by atoms with E-state index in [-0.39, 0.29) is 30.2 Å². The van der Waals surface area contributed by atoms with E-state index in [4.69, 9.17) is 20.9 Å². The molecule has 106 valence electrons. The molecule has 0 radical (unpaired) electrons. The Morgan fingerprint density at radius 2 is 2.16 bits per heavy atom. The molecule has 0 aliphatic carbocycles. The molecule has 0 unspecified atom stereocenters. The zero-order chi connectivity index (χ0) is 14.5. The minimum absolute atomic E-state index is 0.0922. The van der Waals surface area contributed by atoms with Crippen LogP contribution >= 0.6 is 11.6 Å².